The Morgan fingerprint density at radius 1 is 1.17 bits per heavy atom. The molecule has 1 aromatic carbocycles. The molecular formula is C23H29FO4S. The number of alkyl halides is 1. The van der Waals surface area contributed by atoms with Crippen molar-refractivity contribution >= 4 is 33.2 Å². The van der Waals surface area contributed by atoms with E-state index in [-0.39, 0.29) is 30.5 Å². The number of hydrogen-bond donors (Lipinski definition) is 2. The van der Waals surface area contributed by atoms with Crippen LogP contribution >= 0.6 is 11.3 Å². The SMILES string of the molecule is O=C(O)CCCCCC[C@H]1[C@H](F)CC(=O)[C@@H]1CC[C@@H](O)c1cc2ccccc2s1. The maximum absolute atomic E-state index is 14.4. The summed E-state index contributed by atoms with van der Waals surface area (Å²) in [6.45, 7) is 0. The lowest BCUT2D eigenvalue weighted by Crippen LogP contribution is -2.19. The van der Waals surface area contributed by atoms with Crippen LogP contribution in [0, 0.1) is 11.8 Å². The summed E-state index contributed by atoms with van der Waals surface area (Å²) in [6.07, 6.45) is 3.22. The first kappa shape index (κ1) is 21.9. The molecule has 2 N–H and O–H groups in total. The first-order valence-corrected chi connectivity index (χ1v) is 11.3. The van der Waals surface area contributed by atoms with Crippen LogP contribution in [-0.2, 0) is 9.59 Å². The smallest absolute Gasteiger partial charge is 0.303 e. The van der Waals surface area contributed by atoms with Crippen LogP contribution < -0.4 is 0 Å². The molecular weight excluding hydrogens is 391 g/mol. The Morgan fingerprint density at radius 3 is 2.69 bits per heavy atom. The number of carboxylic acid groups (broad SMARTS) is 1. The summed E-state index contributed by atoms with van der Waals surface area (Å²) in [5.74, 6) is -1.38. The largest absolute Gasteiger partial charge is 0.481 e. The molecule has 3 rings (SSSR count). The number of aliphatic hydroxyl groups excluding tert-OH is 1. The molecule has 4 atom stereocenters. The number of halogens is 1. The predicted octanol–water partition coefficient (Wildman–Crippen LogP) is 5.68. The number of hydrogen-bond acceptors (Lipinski definition) is 4. The zero-order chi connectivity index (χ0) is 20.8. The molecule has 6 heteroatoms. The lowest BCUT2D eigenvalue weighted by molar-refractivity contribution is -0.137. The van der Waals surface area contributed by atoms with Gasteiger partial charge in [-0.1, -0.05) is 37.5 Å². The van der Waals surface area contributed by atoms with Crippen molar-refractivity contribution in [2.75, 3.05) is 0 Å². The molecule has 4 nitrogen and oxygen atoms in total. The van der Waals surface area contributed by atoms with Gasteiger partial charge in [0.2, 0.25) is 0 Å². The highest BCUT2D eigenvalue weighted by atomic mass is 32.1. The third-order valence-electron chi connectivity index (χ3n) is 5.99. The number of carbonyl (C=O) groups excluding carboxylic acids is 1. The van der Waals surface area contributed by atoms with Gasteiger partial charge >= 0.3 is 5.97 Å². The van der Waals surface area contributed by atoms with E-state index < -0.39 is 18.2 Å². The Balaban J connectivity index is 1.49. The molecule has 1 aliphatic rings. The monoisotopic (exact) mass is 420 g/mol. The molecule has 0 saturated heterocycles. The third kappa shape index (κ3) is 5.86. The van der Waals surface area contributed by atoms with E-state index in [9.17, 15) is 19.1 Å². The molecule has 1 fully saturated rings. The first-order valence-electron chi connectivity index (χ1n) is 10.5. The summed E-state index contributed by atoms with van der Waals surface area (Å²) in [6, 6.07) is 9.98. The second kappa shape index (κ2) is 10.3. The van der Waals surface area contributed by atoms with Crippen LogP contribution in [0.1, 0.15) is 68.8 Å². The molecule has 29 heavy (non-hydrogen) atoms. The number of thiophene rings is 1. The zero-order valence-corrected chi connectivity index (χ0v) is 17.4. The number of Topliss-reactive ketones (excluding diaryl/α,β-unsaturated/α-hetero) is 1. The average molecular weight is 421 g/mol. The maximum atomic E-state index is 14.4. The second-order valence-electron chi connectivity index (χ2n) is 8.08. The van der Waals surface area contributed by atoms with Crippen molar-refractivity contribution in [3.8, 4) is 0 Å². The van der Waals surface area contributed by atoms with Gasteiger partial charge in [-0.3, -0.25) is 9.59 Å². The van der Waals surface area contributed by atoms with Gasteiger partial charge in [0.15, 0.2) is 0 Å². The van der Waals surface area contributed by atoms with Crippen molar-refractivity contribution in [3.63, 3.8) is 0 Å². The average Bonchev–Trinajstić information content (AvgIpc) is 3.23. The Hall–Kier alpha value is -1.79. The van der Waals surface area contributed by atoms with Gasteiger partial charge in [0.25, 0.3) is 0 Å². The number of unbranched alkanes of at least 4 members (excludes halogenated alkanes) is 3. The highest BCUT2D eigenvalue weighted by Gasteiger charge is 2.41. The van der Waals surface area contributed by atoms with Gasteiger partial charge in [0.1, 0.15) is 12.0 Å². The zero-order valence-electron chi connectivity index (χ0n) is 16.6. The van der Waals surface area contributed by atoms with Crippen LogP contribution in [0.25, 0.3) is 10.1 Å². The summed E-state index contributed by atoms with van der Waals surface area (Å²) >= 11 is 1.56. The van der Waals surface area contributed by atoms with E-state index in [1.807, 2.05) is 30.3 Å². The molecule has 158 valence electrons. The molecule has 0 spiro atoms. The Kier molecular flexibility index (Phi) is 7.78. The number of carboxylic acids is 1. The fourth-order valence-electron chi connectivity index (χ4n) is 4.40. The molecule has 0 bridgehead atoms. The van der Waals surface area contributed by atoms with Gasteiger partial charge in [-0.05, 0) is 43.2 Å². The second-order valence-corrected chi connectivity index (χ2v) is 9.20. The van der Waals surface area contributed by atoms with Crippen molar-refractivity contribution in [3.05, 3.63) is 35.2 Å². The van der Waals surface area contributed by atoms with Crippen molar-refractivity contribution in [1.82, 2.24) is 0 Å². The van der Waals surface area contributed by atoms with E-state index >= 15 is 0 Å². The van der Waals surface area contributed by atoms with Crippen LogP contribution in [0.3, 0.4) is 0 Å². The Morgan fingerprint density at radius 2 is 1.93 bits per heavy atom. The van der Waals surface area contributed by atoms with Crippen molar-refractivity contribution in [2.45, 2.75) is 70.1 Å². The van der Waals surface area contributed by atoms with Gasteiger partial charge in [-0.25, -0.2) is 4.39 Å². The van der Waals surface area contributed by atoms with E-state index in [4.69, 9.17) is 5.11 Å². The Labute approximate surface area is 174 Å². The Bertz CT molecular complexity index is 800. The predicted molar refractivity (Wildman–Crippen MR) is 113 cm³/mol. The van der Waals surface area contributed by atoms with Crippen molar-refractivity contribution in [2.24, 2.45) is 11.8 Å². The number of benzene rings is 1. The van der Waals surface area contributed by atoms with Gasteiger partial charge in [0, 0.05) is 34.3 Å². The molecule has 2 aromatic rings. The highest BCUT2D eigenvalue weighted by molar-refractivity contribution is 7.19. The van der Waals surface area contributed by atoms with Crippen LogP contribution in [0.15, 0.2) is 30.3 Å². The number of rotatable bonds is 11. The molecule has 0 radical (unpaired) electrons. The fourth-order valence-corrected chi connectivity index (χ4v) is 5.48. The number of aliphatic carboxylic acids is 1. The van der Waals surface area contributed by atoms with E-state index in [1.165, 1.54) is 0 Å². The summed E-state index contributed by atoms with van der Waals surface area (Å²) in [4.78, 5) is 23.7. The number of ketones is 1. The minimum Gasteiger partial charge on any atom is -0.481 e. The molecule has 1 aliphatic carbocycles. The minimum absolute atomic E-state index is 0.00662. The number of aliphatic hydroxyl groups is 1. The summed E-state index contributed by atoms with van der Waals surface area (Å²) < 4.78 is 15.5. The minimum atomic E-state index is -1.09. The van der Waals surface area contributed by atoms with Gasteiger partial charge in [-0.15, -0.1) is 11.3 Å². The number of fused-ring (bicyclic) bond motifs is 1. The molecule has 1 heterocycles. The standard InChI is InChI=1S/C23H29FO4S/c24-18-14-20(26)17(16(18)8-3-1-2-4-10-23(27)28)11-12-19(25)22-13-15-7-5-6-9-21(15)29-22/h5-7,9,13,16-19,25H,1-4,8,10-12,14H2,(H,27,28)/t16-,17-,18-,19-/m1/s1. The highest BCUT2D eigenvalue weighted by Crippen LogP contribution is 2.40. The van der Waals surface area contributed by atoms with Crippen LogP contribution in [0.2, 0.25) is 0 Å². The summed E-state index contributed by atoms with van der Waals surface area (Å²) in [5, 5.41) is 20.4. The van der Waals surface area contributed by atoms with E-state index in [0.29, 0.717) is 25.7 Å². The van der Waals surface area contributed by atoms with Crippen LogP contribution in [-0.4, -0.2) is 28.1 Å². The fraction of sp³-hybridized carbons (Fsp3) is 0.565. The summed E-state index contributed by atoms with van der Waals surface area (Å²) in [5.41, 5.74) is 0. The summed E-state index contributed by atoms with van der Waals surface area (Å²) in [7, 11) is 0. The molecule has 1 aromatic heterocycles. The molecule has 1 saturated carbocycles. The topological polar surface area (TPSA) is 74.6 Å². The molecule has 0 aliphatic heterocycles. The van der Waals surface area contributed by atoms with E-state index in [1.54, 1.807) is 11.3 Å². The molecule has 0 amide bonds. The van der Waals surface area contributed by atoms with Gasteiger partial charge in [-0.2, -0.15) is 0 Å². The normalized spacial score (nSPS) is 23.0. The maximum Gasteiger partial charge on any atom is 0.303 e. The van der Waals surface area contributed by atoms with Gasteiger partial charge < -0.3 is 10.2 Å². The lowest BCUT2D eigenvalue weighted by atomic mass is 9.85. The van der Waals surface area contributed by atoms with Crippen molar-refractivity contribution < 1.29 is 24.2 Å². The van der Waals surface area contributed by atoms with E-state index in [0.717, 1.165) is 34.2 Å². The quantitative estimate of drug-likeness (QED) is 0.458. The first-order chi connectivity index (χ1) is 14.0. The van der Waals surface area contributed by atoms with Crippen LogP contribution in [0.4, 0.5) is 4.39 Å². The number of carbonyl (C=O) groups is 2. The van der Waals surface area contributed by atoms with Crippen molar-refractivity contribution in [1.29, 1.82) is 0 Å². The van der Waals surface area contributed by atoms with Gasteiger partial charge in [0.05, 0.1) is 6.10 Å². The van der Waals surface area contributed by atoms with E-state index in [2.05, 4.69) is 0 Å². The molecule has 0 unspecified atom stereocenters. The third-order valence-corrected chi connectivity index (χ3v) is 7.21. The lowest BCUT2D eigenvalue weighted by Gasteiger charge is -2.21. The van der Waals surface area contributed by atoms with Crippen LogP contribution in [0.5, 0.6) is 0 Å².